The molecule has 1 aliphatic rings. The number of halogens is 2. The fourth-order valence-corrected chi connectivity index (χ4v) is 2.33. The van der Waals surface area contributed by atoms with Crippen molar-refractivity contribution in [2.75, 3.05) is 0 Å². The molecule has 19 heavy (non-hydrogen) atoms. The molecule has 1 aromatic carbocycles. The first-order valence-corrected chi connectivity index (χ1v) is 6.68. The molecule has 0 radical (unpaired) electrons. The fraction of sp³-hybridized carbons (Fsp3) is 0.500. The average Bonchev–Trinajstić information content (AvgIpc) is 3.04. The zero-order valence-electron chi connectivity index (χ0n) is 11.1. The Kier molecular flexibility index (Phi) is 5.65. The molecule has 1 aromatic rings. The number of carbonyl (C=O) groups excluding carboxylic acids is 1. The Bertz CT molecular complexity index is 434. The summed E-state index contributed by atoms with van der Waals surface area (Å²) < 4.78 is 0. The van der Waals surface area contributed by atoms with Crippen molar-refractivity contribution >= 4 is 29.9 Å². The van der Waals surface area contributed by atoms with Crippen LogP contribution in [0.15, 0.2) is 24.3 Å². The van der Waals surface area contributed by atoms with Crippen molar-refractivity contribution < 1.29 is 4.79 Å². The van der Waals surface area contributed by atoms with Gasteiger partial charge in [-0.3, -0.25) is 4.79 Å². The van der Waals surface area contributed by atoms with Gasteiger partial charge in [0.05, 0.1) is 12.1 Å². The highest BCUT2D eigenvalue weighted by Gasteiger charge is 2.41. The second-order valence-corrected chi connectivity index (χ2v) is 5.64. The summed E-state index contributed by atoms with van der Waals surface area (Å²) in [5, 5.41) is 3.75. The van der Waals surface area contributed by atoms with E-state index in [9.17, 15) is 4.79 Å². The van der Waals surface area contributed by atoms with Gasteiger partial charge in [0, 0.05) is 5.02 Å². The zero-order valence-corrected chi connectivity index (χ0v) is 12.7. The fourth-order valence-electron chi connectivity index (χ4n) is 2.21. The van der Waals surface area contributed by atoms with E-state index in [1.54, 1.807) is 6.92 Å². The highest BCUT2D eigenvalue weighted by atomic mass is 35.5. The van der Waals surface area contributed by atoms with Gasteiger partial charge in [-0.2, -0.15) is 0 Å². The molecule has 1 amide bonds. The highest BCUT2D eigenvalue weighted by Crippen LogP contribution is 2.47. The van der Waals surface area contributed by atoms with Crippen molar-refractivity contribution in [2.24, 2.45) is 17.6 Å². The van der Waals surface area contributed by atoms with Crippen LogP contribution in [0.2, 0.25) is 5.02 Å². The largest absolute Gasteiger partial charge is 0.348 e. The van der Waals surface area contributed by atoms with Gasteiger partial charge in [-0.05, 0) is 42.9 Å². The monoisotopic (exact) mass is 302 g/mol. The molecule has 4 atom stereocenters. The van der Waals surface area contributed by atoms with E-state index in [1.807, 2.05) is 24.3 Å². The van der Waals surface area contributed by atoms with Gasteiger partial charge in [-0.15, -0.1) is 12.4 Å². The molecular formula is C14H20Cl2N2O. The van der Waals surface area contributed by atoms with Gasteiger partial charge in [0.15, 0.2) is 0 Å². The zero-order chi connectivity index (χ0) is 13.3. The van der Waals surface area contributed by atoms with Crippen LogP contribution in [0.1, 0.15) is 31.9 Å². The lowest BCUT2D eigenvalue weighted by Crippen LogP contribution is -2.41. The van der Waals surface area contributed by atoms with Crippen molar-refractivity contribution in [3.05, 3.63) is 34.9 Å². The average molecular weight is 303 g/mol. The summed E-state index contributed by atoms with van der Waals surface area (Å²) in [6.07, 6.45) is 1.15. The van der Waals surface area contributed by atoms with Crippen molar-refractivity contribution in [2.45, 2.75) is 32.4 Å². The Morgan fingerprint density at radius 2 is 1.95 bits per heavy atom. The molecule has 106 valence electrons. The Morgan fingerprint density at radius 1 is 1.42 bits per heavy atom. The maximum atomic E-state index is 11.8. The van der Waals surface area contributed by atoms with E-state index in [2.05, 4.69) is 12.2 Å². The quantitative estimate of drug-likeness (QED) is 0.898. The van der Waals surface area contributed by atoms with Crippen LogP contribution in [0.5, 0.6) is 0 Å². The van der Waals surface area contributed by atoms with Crippen molar-refractivity contribution in [3.63, 3.8) is 0 Å². The smallest absolute Gasteiger partial charge is 0.237 e. The molecule has 0 bridgehead atoms. The van der Waals surface area contributed by atoms with Crippen molar-refractivity contribution in [1.82, 2.24) is 5.32 Å². The molecule has 3 nitrogen and oxygen atoms in total. The molecule has 3 unspecified atom stereocenters. The Balaban J connectivity index is 0.00000180. The van der Waals surface area contributed by atoms with Crippen LogP contribution in [0.4, 0.5) is 0 Å². The second kappa shape index (κ2) is 6.60. The molecule has 1 fully saturated rings. The van der Waals surface area contributed by atoms with Crippen LogP contribution in [-0.2, 0) is 4.79 Å². The van der Waals surface area contributed by atoms with Gasteiger partial charge in [0.2, 0.25) is 5.91 Å². The second-order valence-electron chi connectivity index (χ2n) is 5.20. The van der Waals surface area contributed by atoms with Crippen molar-refractivity contribution in [3.8, 4) is 0 Å². The molecule has 0 heterocycles. The van der Waals surface area contributed by atoms with Crippen LogP contribution >= 0.6 is 24.0 Å². The molecule has 5 heteroatoms. The lowest BCUT2D eigenvalue weighted by molar-refractivity contribution is -0.122. The maximum Gasteiger partial charge on any atom is 0.237 e. The van der Waals surface area contributed by atoms with Crippen molar-refractivity contribution in [1.29, 1.82) is 0 Å². The summed E-state index contributed by atoms with van der Waals surface area (Å²) in [6.45, 7) is 3.90. The van der Waals surface area contributed by atoms with Gasteiger partial charge in [0.25, 0.3) is 0 Å². The first kappa shape index (κ1) is 16.3. The first-order valence-electron chi connectivity index (χ1n) is 6.30. The van der Waals surface area contributed by atoms with Crippen LogP contribution in [0.25, 0.3) is 0 Å². The number of nitrogens with two attached hydrogens (primary N) is 1. The minimum atomic E-state index is -0.478. The maximum absolute atomic E-state index is 11.8. The predicted molar refractivity (Wildman–Crippen MR) is 80.5 cm³/mol. The third-order valence-electron chi connectivity index (χ3n) is 3.54. The third kappa shape index (κ3) is 4.10. The minimum Gasteiger partial charge on any atom is -0.348 e. The molecule has 0 saturated heterocycles. The topological polar surface area (TPSA) is 55.1 Å². The number of hydrogen-bond acceptors (Lipinski definition) is 2. The molecule has 0 spiro atoms. The Morgan fingerprint density at radius 3 is 2.37 bits per heavy atom. The van der Waals surface area contributed by atoms with Gasteiger partial charge in [-0.1, -0.05) is 30.7 Å². The molecular weight excluding hydrogens is 283 g/mol. The number of amides is 1. The molecule has 1 saturated carbocycles. The van der Waals surface area contributed by atoms with Crippen LogP contribution in [-0.4, -0.2) is 11.9 Å². The number of benzene rings is 1. The lowest BCUT2D eigenvalue weighted by atomic mass is 10.0. The van der Waals surface area contributed by atoms with E-state index in [1.165, 1.54) is 0 Å². The summed E-state index contributed by atoms with van der Waals surface area (Å²) in [5.74, 6) is 1.06. The van der Waals surface area contributed by atoms with E-state index < -0.39 is 6.04 Å². The molecule has 0 aromatic heterocycles. The normalized spacial score (nSPS) is 24.0. The van der Waals surface area contributed by atoms with Gasteiger partial charge in [-0.25, -0.2) is 0 Å². The first-order chi connectivity index (χ1) is 8.49. The standard InChI is InChI=1S/C14H19ClN2O.ClH/c1-8-7-12(8)13(17-14(18)9(2)16)10-3-5-11(15)6-4-10;/h3-6,8-9,12-13H,7,16H2,1-2H3,(H,17,18);1H/t8?,9-,12?,13?;/m1./s1. The Labute approximate surface area is 125 Å². The highest BCUT2D eigenvalue weighted by molar-refractivity contribution is 6.30. The summed E-state index contributed by atoms with van der Waals surface area (Å²) >= 11 is 5.89. The lowest BCUT2D eigenvalue weighted by Gasteiger charge is -2.20. The number of rotatable bonds is 4. The molecule has 0 aliphatic heterocycles. The van der Waals surface area contributed by atoms with E-state index in [0.29, 0.717) is 16.9 Å². The summed E-state index contributed by atoms with van der Waals surface area (Å²) in [6, 6.07) is 7.23. The summed E-state index contributed by atoms with van der Waals surface area (Å²) in [4.78, 5) is 11.8. The summed E-state index contributed by atoms with van der Waals surface area (Å²) in [7, 11) is 0. The van der Waals surface area contributed by atoms with Crippen LogP contribution < -0.4 is 11.1 Å². The summed E-state index contributed by atoms with van der Waals surface area (Å²) in [5.41, 5.74) is 6.71. The van der Waals surface area contributed by atoms with E-state index in [4.69, 9.17) is 17.3 Å². The minimum absolute atomic E-state index is 0. The van der Waals surface area contributed by atoms with E-state index >= 15 is 0 Å². The molecule has 3 N–H and O–H groups in total. The van der Waals surface area contributed by atoms with Crippen LogP contribution in [0, 0.1) is 11.8 Å². The third-order valence-corrected chi connectivity index (χ3v) is 3.79. The van der Waals surface area contributed by atoms with Crippen LogP contribution in [0.3, 0.4) is 0 Å². The number of hydrogen-bond donors (Lipinski definition) is 2. The number of carbonyl (C=O) groups is 1. The van der Waals surface area contributed by atoms with Gasteiger partial charge in [0.1, 0.15) is 0 Å². The number of nitrogens with one attached hydrogen (secondary N) is 1. The SMILES string of the molecule is CC1CC1C(NC(=O)[C@@H](C)N)c1ccc(Cl)cc1.Cl. The van der Waals surface area contributed by atoms with E-state index in [-0.39, 0.29) is 24.4 Å². The Hall–Kier alpha value is -0.770. The van der Waals surface area contributed by atoms with Gasteiger partial charge >= 0.3 is 0 Å². The van der Waals surface area contributed by atoms with E-state index in [0.717, 1.165) is 12.0 Å². The van der Waals surface area contributed by atoms with Gasteiger partial charge < -0.3 is 11.1 Å². The molecule has 1 aliphatic carbocycles. The predicted octanol–water partition coefficient (Wildman–Crippen LogP) is 2.92. The molecule has 2 rings (SSSR count).